The van der Waals surface area contributed by atoms with Crippen LogP contribution < -0.4 is 20.9 Å². The van der Waals surface area contributed by atoms with E-state index in [2.05, 4.69) is 16.0 Å². The lowest BCUT2D eigenvalue weighted by atomic mass is 9.96. The Balaban J connectivity index is 1.39. The maximum absolute atomic E-state index is 12.3. The zero-order valence-corrected chi connectivity index (χ0v) is 16.3. The van der Waals surface area contributed by atoms with Crippen LogP contribution >= 0.6 is 0 Å². The van der Waals surface area contributed by atoms with Gasteiger partial charge >= 0.3 is 6.03 Å². The molecule has 1 aromatic carbocycles. The second kappa shape index (κ2) is 10.1. The van der Waals surface area contributed by atoms with Gasteiger partial charge in [-0.25, -0.2) is 4.79 Å². The maximum Gasteiger partial charge on any atom is 0.315 e. The van der Waals surface area contributed by atoms with E-state index < -0.39 is 0 Å². The number of anilines is 2. The fourth-order valence-corrected chi connectivity index (χ4v) is 3.86. The molecule has 3 rings (SSSR count). The van der Waals surface area contributed by atoms with Gasteiger partial charge in [-0.05, 0) is 37.8 Å². The first-order chi connectivity index (χ1) is 13.6. The average Bonchev–Trinajstić information content (AvgIpc) is 3.12. The molecular formula is C21H30N4O3. The van der Waals surface area contributed by atoms with Crippen LogP contribution in [0.4, 0.5) is 16.2 Å². The van der Waals surface area contributed by atoms with E-state index >= 15 is 0 Å². The van der Waals surface area contributed by atoms with Gasteiger partial charge in [-0.1, -0.05) is 31.4 Å². The number of amides is 4. The van der Waals surface area contributed by atoms with Gasteiger partial charge in [0.25, 0.3) is 0 Å². The Morgan fingerprint density at radius 1 is 1.07 bits per heavy atom. The topological polar surface area (TPSA) is 90.5 Å². The van der Waals surface area contributed by atoms with E-state index in [1.807, 2.05) is 24.3 Å². The molecule has 4 amide bonds. The highest BCUT2D eigenvalue weighted by molar-refractivity contribution is 6.02. The molecule has 7 nitrogen and oxygen atoms in total. The van der Waals surface area contributed by atoms with Crippen molar-refractivity contribution in [2.75, 3.05) is 23.3 Å². The van der Waals surface area contributed by atoms with Crippen LogP contribution in [-0.2, 0) is 9.59 Å². The van der Waals surface area contributed by atoms with E-state index in [0.717, 1.165) is 24.9 Å². The number of benzene rings is 1. The van der Waals surface area contributed by atoms with Gasteiger partial charge in [0.1, 0.15) is 0 Å². The zero-order valence-electron chi connectivity index (χ0n) is 16.3. The summed E-state index contributed by atoms with van der Waals surface area (Å²) in [6.07, 6.45) is 7.98. The second-order valence-electron chi connectivity index (χ2n) is 7.55. The maximum atomic E-state index is 12.3. The molecular weight excluding hydrogens is 356 g/mol. The third kappa shape index (κ3) is 5.71. The van der Waals surface area contributed by atoms with Gasteiger partial charge in [0, 0.05) is 32.0 Å². The highest BCUT2D eigenvalue weighted by Gasteiger charge is 2.24. The van der Waals surface area contributed by atoms with Gasteiger partial charge < -0.3 is 20.9 Å². The van der Waals surface area contributed by atoms with Gasteiger partial charge in [0.15, 0.2) is 0 Å². The third-order valence-electron chi connectivity index (χ3n) is 5.35. The normalized spacial score (nSPS) is 17.4. The Kier molecular flexibility index (Phi) is 7.28. The lowest BCUT2D eigenvalue weighted by molar-refractivity contribution is -0.117. The van der Waals surface area contributed by atoms with Crippen molar-refractivity contribution in [1.29, 1.82) is 0 Å². The summed E-state index contributed by atoms with van der Waals surface area (Å²) in [7, 11) is 0. The standard InChI is InChI=1S/C21H30N4O3/c26-19(12-6-14-22-21(28)23-16-8-2-1-3-9-16)24-17-10-4-5-11-18(17)25-15-7-13-20(25)27/h4-5,10-11,16H,1-3,6-9,12-15H2,(H,24,26)(H2,22,23,28). The monoisotopic (exact) mass is 386 g/mol. The first-order valence-corrected chi connectivity index (χ1v) is 10.4. The predicted molar refractivity (Wildman–Crippen MR) is 109 cm³/mol. The van der Waals surface area contributed by atoms with Crippen molar-refractivity contribution < 1.29 is 14.4 Å². The van der Waals surface area contributed by atoms with Crippen molar-refractivity contribution >= 4 is 29.2 Å². The molecule has 0 aromatic heterocycles. The summed E-state index contributed by atoms with van der Waals surface area (Å²) < 4.78 is 0. The van der Waals surface area contributed by atoms with Crippen LogP contribution in [0.3, 0.4) is 0 Å². The molecule has 0 atom stereocenters. The van der Waals surface area contributed by atoms with Crippen LogP contribution in [0.1, 0.15) is 57.8 Å². The van der Waals surface area contributed by atoms with Crippen LogP contribution in [0, 0.1) is 0 Å². The molecule has 1 saturated carbocycles. The summed E-state index contributed by atoms with van der Waals surface area (Å²) in [5, 5.41) is 8.73. The molecule has 2 aliphatic rings. The van der Waals surface area contributed by atoms with E-state index in [-0.39, 0.29) is 23.9 Å². The Morgan fingerprint density at radius 2 is 1.86 bits per heavy atom. The number of nitrogens with one attached hydrogen (secondary N) is 3. The van der Waals surface area contributed by atoms with Crippen molar-refractivity contribution in [2.45, 2.75) is 63.8 Å². The lowest BCUT2D eigenvalue weighted by Crippen LogP contribution is -2.43. The second-order valence-corrected chi connectivity index (χ2v) is 7.55. The first kappa shape index (κ1) is 20.2. The predicted octanol–water partition coefficient (Wildman–Crippen LogP) is 3.16. The number of hydrogen-bond acceptors (Lipinski definition) is 3. The molecule has 1 aromatic rings. The van der Waals surface area contributed by atoms with Gasteiger partial charge in [-0.3, -0.25) is 9.59 Å². The van der Waals surface area contributed by atoms with Gasteiger partial charge in [0.05, 0.1) is 11.4 Å². The van der Waals surface area contributed by atoms with E-state index in [0.29, 0.717) is 38.0 Å². The number of nitrogens with zero attached hydrogens (tertiary/aromatic N) is 1. The smallest absolute Gasteiger partial charge is 0.315 e. The molecule has 0 spiro atoms. The summed E-state index contributed by atoms with van der Waals surface area (Å²) in [5.41, 5.74) is 1.41. The average molecular weight is 386 g/mol. The van der Waals surface area contributed by atoms with Gasteiger partial charge in [-0.2, -0.15) is 0 Å². The van der Waals surface area contributed by atoms with E-state index in [9.17, 15) is 14.4 Å². The summed E-state index contributed by atoms with van der Waals surface area (Å²) in [6.45, 7) is 1.14. The number of para-hydroxylation sites is 2. The Hall–Kier alpha value is -2.57. The van der Waals surface area contributed by atoms with E-state index in [4.69, 9.17) is 0 Å². The number of urea groups is 1. The molecule has 0 bridgehead atoms. The fraction of sp³-hybridized carbons (Fsp3) is 0.571. The van der Waals surface area contributed by atoms with Gasteiger partial charge in [0.2, 0.25) is 11.8 Å². The van der Waals surface area contributed by atoms with Crippen molar-refractivity contribution in [3.8, 4) is 0 Å². The Labute approximate surface area is 166 Å². The number of carbonyl (C=O) groups is 3. The molecule has 0 unspecified atom stereocenters. The van der Waals surface area contributed by atoms with Crippen molar-refractivity contribution in [3.05, 3.63) is 24.3 Å². The molecule has 3 N–H and O–H groups in total. The first-order valence-electron chi connectivity index (χ1n) is 10.4. The van der Waals surface area contributed by atoms with Crippen LogP contribution in [0.25, 0.3) is 0 Å². The van der Waals surface area contributed by atoms with Crippen LogP contribution in [-0.4, -0.2) is 37.0 Å². The SMILES string of the molecule is O=C(CCCNC(=O)NC1CCCCC1)Nc1ccccc1N1CCCC1=O. The molecule has 1 saturated heterocycles. The highest BCUT2D eigenvalue weighted by atomic mass is 16.2. The minimum Gasteiger partial charge on any atom is -0.338 e. The minimum absolute atomic E-state index is 0.0925. The molecule has 1 aliphatic heterocycles. The molecule has 7 heteroatoms. The molecule has 0 radical (unpaired) electrons. The Bertz CT molecular complexity index is 701. The zero-order chi connectivity index (χ0) is 19.8. The quantitative estimate of drug-likeness (QED) is 0.629. The minimum atomic E-state index is -0.148. The van der Waals surface area contributed by atoms with Crippen LogP contribution in [0.5, 0.6) is 0 Å². The Morgan fingerprint density at radius 3 is 2.61 bits per heavy atom. The molecule has 1 heterocycles. The summed E-state index contributed by atoms with van der Waals surface area (Å²) in [5.74, 6) is -0.0246. The van der Waals surface area contributed by atoms with Crippen molar-refractivity contribution in [1.82, 2.24) is 10.6 Å². The summed E-state index contributed by atoms with van der Waals surface area (Å²) in [4.78, 5) is 37.9. The number of carbonyl (C=O) groups excluding carboxylic acids is 3. The largest absolute Gasteiger partial charge is 0.338 e. The molecule has 1 aliphatic carbocycles. The van der Waals surface area contributed by atoms with Crippen molar-refractivity contribution in [2.24, 2.45) is 0 Å². The molecule has 152 valence electrons. The van der Waals surface area contributed by atoms with E-state index in [1.54, 1.807) is 4.90 Å². The number of hydrogen-bond donors (Lipinski definition) is 3. The summed E-state index contributed by atoms with van der Waals surface area (Å²) in [6, 6.07) is 7.51. The third-order valence-corrected chi connectivity index (χ3v) is 5.35. The molecule has 2 fully saturated rings. The van der Waals surface area contributed by atoms with Gasteiger partial charge in [-0.15, -0.1) is 0 Å². The highest BCUT2D eigenvalue weighted by Crippen LogP contribution is 2.29. The molecule has 28 heavy (non-hydrogen) atoms. The van der Waals surface area contributed by atoms with Crippen LogP contribution in [0.15, 0.2) is 24.3 Å². The number of rotatable bonds is 7. The summed E-state index contributed by atoms with van der Waals surface area (Å²) >= 11 is 0. The van der Waals surface area contributed by atoms with Crippen molar-refractivity contribution in [3.63, 3.8) is 0 Å². The van der Waals surface area contributed by atoms with Crippen LogP contribution in [0.2, 0.25) is 0 Å². The lowest BCUT2D eigenvalue weighted by Gasteiger charge is -2.22. The van der Waals surface area contributed by atoms with E-state index in [1.165, 1.54) is 19.3 Å². The fourth-order valence-electron chi connectivity index (χ4n) is 3.86.